The number of nitrogens with one attached hydrogen (secondary N) is 2. The zero-order chi connectivity index (χ0) is 23.4. The summed E-state index contributed by atoms with van der Waals surface area (Å²) in [7, 11) is -3.88. The summed E-state index contributed by atoms with van der Waals surface area (Å²) < 4.78 is 27.8. The third kappa shape index (κ3) is 5.05. The van der Waals surface area contributed by atoms with E-state index in [2.05, 4.69) is 15.0 Å². The van der Waals surface area contributed by atoms with E-state index >= 15 is 0 Å². The quantitative estimate of drug-likeness (QED) is 0.289. The Hall–Kier alpha value is -4.09. The molecule has 4 aromatic rings. The Morgan fingerprint density at radius 2 is 1.70 bits per heavy atom. The van der Waals surface area contributed by atoms with Crippen LogP contribution < -0.4 is 10.0 Å². The summed E-state index contributed by atoms with van der Waals surface area (Å²) in [6, 6.07) is 20.1. The van der Waals surface area contributed by atoms with Crippen molar-refractivity contribution in [2.75, 3.05) is 10.0 Å². The highest BCUT2D eigenvalue weighted by Crippen LogP contribution is 2.28. The molecule has 4 rings (SSSR count). The van der Waals surface area contributed by atoms with Crippen LogP contribution in [0.25, 0.3) is 11.3 Å². The van der Waals surface area contributed by atoms with Crippen LogP contribution in [0.1, 0.15) is 10.4 Å². The second-order valence-corrected chi connectivity index (χ2v) is 9.30. The van der Waals surface area contributed by atoms with Gasteiger partial charge in [0, 0.05) is 23.1 Å². The van der Waals surface area contributed by atoms with E-state index < -0.39 is 20.9 Å². The topological polar surface area (TPSA) is 131 Å². The van der Waals surface area contributed by atoms with E-state index in [1.165, 1.54) is 36.4 Å². The molecule has 0 spiro atoms. The van der Waals surface area contributed by atoms with Crippen LogP contribution >= 0.6 is 11.3 Å². The smallest absolute Gasteiger partial charge is 0.270 e. The average Bonchev–Trinajstić information content (AvgIpc) is 3.28. The van der Waals surface area contributed by atoms with Crippen LogP contribution in [0.2, 0.25) is 0 Å². The zero-order valence-electron chi connectivity index (χ0n) is 16.8. The number of non-ortho nitro benzene ring substituents is 1. The predicted octanol–water partition coefficient (Wildman–Crippen LogP) is 4.77. The molecule has 166 valence electrons. The van der Waals surface area contributed by atoms with Gasteiger partial charge in [-0.1, -0.05) is 42.5 Å². The maximum Gasteiger partial charge on any atom is 0.270 e. The van der Waals surface area contributed by atoms with Gasteiger partial charge in [-0.3, -0.25) is 24.9 Å². The lowest BCUT2D eigenvalue weighted by molar-refractivity contribution is -0.384. The van der Waals surface area contributed by atoms with Gasteiger partial charge in [-0.05, 0) is 24.3 Å². The maximum atomic E-state index is 12.9. The standard InChI is InChI=1S/C22H16N4O5S2/c27-21(24-22-23-20(14-32-22)15-7-6-8-16(13-15)26(28)29)18-11-4-5-12-19(18)25-33(30,31)17-9-2-1-3-10-17/h1-14,25H,(H,23,24,27). The van der Waals surface area contributed by atoms with E-state index in [0.717, 1.165) is 11.3 Å². The number of thiazole rings is 1. The molecule has 1 heterocycles. The summed E-state index contributed by atoms with van der Waals surface area (Å²) in [6.07, 6.45) is 0. The molecule has 0 saturated carbocycles. The van der Waals surface area contributed by atoms with Crippen LogP contribution in [0.15, 0.2) is 89.1 Å². The number of anilines is 2. The second-order valence-electron chi connectivity index (χ2n) is 6.76. The summed E-state index contributed by atoms with van der Waals surface area (Å²) in [6.45, 7) is 0. The number of carbonyl (C=O) groups is 1. The van der Waals surface area contributed by atoms with Crippen molar-refractivity contribution in [3.8, 4) is 11.3 Å². The third-order valence-corrected chi connectivity index (χ3v) is 6.69. The van der Waals surface area contributed by atoms with Gasteiger partial charge in [0.15, 0.2) is 5.13 Å². The number of para-hydroxylation sites is 1. The molecule has 0 atom stereocenters. The largest absolute Gasteiger partial charge is 0.298 e. The van der Waals surface area contributed by atoms with Gasteiger partial charge in [0.25, 0.3) is 21.6 Å². The molecule has 0 aliphatic rings. The van der Waals surface area contributed by atoms with Gasteiger partial charge >= 0.3 is 0 Å². The first-order chi connectivity index (χ1) is 15.8. The van der Waals surface area contributed by atoms with E-state index in [9.17, 15) is 23.3 Å². The minimum Gasteiger partial charge on any atom is -0.298 e. The summed E-state index contributed by atoms with van der Waals surface area (Å²) >= 11 is 1.15. The monoisotopic (exact) mass is 480 g/mol. The van der Waals surface area contributed by atoms with Gasteiger partial charge < -0.3 is 0 Å². The summed E-state index contributed by atoms with van der Waals surface area (Å²) in [4.78, 5) is 27.8. The number of nitro benzene ring substituents is 1. The number of nitrogens with zero attached hydrogens (tertiary/aromatic N) is 2. The zero-order valence-corrected chi connectivity index (χ0v) is 18.5. The second kappa shape index (κ2) is 9.18. The Morgan fingerprint density at radius 3 is 2.45 bits per heavy atom. The lowest BCUT2D eigenvalue weighted by Gasteiger charge is -2.12. The van der Waals surface area contributed by atoms with Crippen LogP contribution in [0, 0.1) is 10.1 Å². The molecule has 0 saturated heterocycles. The number of carbonyl (C=O) groups excluding carboxylic acids is 1. The van der Waals surface area contributed by atoms with Gasteiger partial charge in [-0.2, -0.15) is 0 Å². The molecule has 0 aliphatic heterocycles. The summed E-state index contributed by atoms with van der Waals surface area (Å²) in [5.74, 6) is -0.554. The SMILES string of the molecule is O=C(Nc1nc(-c2cccc([N+](=O)[O-])c2)cs1)c1ccccc1NS(=O)(=O)c1ccccc1. The number of rotatable bonds is 7. The van der Waals surface area contributed by atoms with Crippen molar-refractivity contribution in [2.45, 2.75) is 4.90 Å². The Balaban J connectivity index is 1.55. The molecular formula is C22H16N4O5S2. The lowest BCUT2D eigenvalue weighted by Crippen LogP contribution is -2.18. The molecule has 0 radical (unpaired) electrons. The number of nitro groups is 1. The highest BCUT2D eigenvalue weighted by molar-refractivity contribution is 7.92. The van der Waals surface area contributed by atoms with Gasteiger partial charge in [0.05, 0.1) is 26.8 Å². The van der Waals surface area contributed by atoms with Crippen molar-refractivity contribution < 1.29 is 18.1 Å². The first-order valence-corrected chi connectivity index (χ1v) is 11.9. The fourth-order valence-corrected chi connectivity index (χ4v) is 4.80. The van der Waals surface area contributed by atoms with Gasteiger partial charge in [-0.15, -0.1) is 11.3 Å². The third-order valence-electron chi connectivity index (χ3n) is 4.55. The lowest BCUT2D eigenvalue weighted by atomic mass is 10.1. The molecular weight excluding hydrogens is 464 g/mol. The molecule has 2 N–H and O–H groups in total. The van der Waals surface area contributed by atoms with Gasteiger partial charge in [-0.25, -0.2) is 13.4 Å². The minimum atomic E-state index is -3.88. The van der Waals surface area contributed by atoms with Crippen molar-refractivity contribution in [1.29, 1.82) is 0 Å². The van der Waals surface area contributed by atoms with Crippen molar-refractivity contribution >= 4 is 43.8 Å². The number of hydrogen-bond acceptors (Lipinski definition) is 7. The van der Waals surface area contributed by atoms with Gasteiger partial charge in [0.1, 0.15) is 0 Å². The first-order valence-electron chi connectivity index (χ1n) is 9.52. The Kier molecular flexibility index (Phi) is 6.16. The molecule has 1 amide bonds. The van der Waals surface area contributed by atoms with Crippen molar-refractivity contribution in [2.24, 2.45) is 0 Å². The molecule has 0 fully saturated rings. The van der Waals surface area contributed by atoms with Crippen LogP contribution in [-0.2, 0) is 10.0 Å². The van der Waals surface area contributed by atoms with Crippen LogP contribution in [-0.4, -0.2) is 24.2 Å². The fourth-order valence-electron chi connectivity index (χ4n) is 2.98. The van der Waals surface area contributed by atoms with E-state index in [4.69, 9.17) is 0 Å². The summed E-state index contributed by atoms with van der Waals surface area (Å²) in [5, 5.41) is 15.6. The Morgan fingerprint density at radius 1 is 0.970 bits per heavy atom. The van der Waals surface area contributed by atoms with Crippen molar-refractivity contribution in [1.82, 2.24) is 4.98 Å². The van der Waals surface area contributed by atoms with Crippen LogP contribution in [0.3, 0.4) is 0 Å². The number of benzene rings is 3. The van der Waals surface area contributed by atoms with Crippen LogP contribution in [0.4, 0.5) is 16.5 Å². The molecule has 33 heavy (non-hydrogen) atoms. The Bertz CT molecular complexity index is 1440. The minimum absolute atomic E-state index is 0.0642. The predicted molar refractivity (Wildman–Crippen MR) is 126 cm³/mol. The average molecular weight is 481 g/mol. The maximum absolute atomic E-state index is 12.9. The fraction of sp³-hybridized carbons (Fsp3) is 0. The van der Waals surface area contributed by atoms with E-state index in [0.29, 0.717) is 11.3 Å². The first kappa shape index (κ1) is 22.1. The number of aromatic nitrogens is 1. The molecule has 0 bridgehead atoms. The number of sulfonamides is 1. The van der Waals surface area contributed by atoms with Crippen LogP contribution in [0.5, 0.6) is 0 Å². The van der Waals surface area contributed by atoms with Crippen molar-refractivity contribution in [3.63, 3.8) is 0 Å². The molecule has 11 heteroatoms. The number of amides is 1. The van der Waals surface area contributed by atoms with E-state index in [1.807, 2.05) is 0 Å². The Labute approximate surface area is 193 Å². The molecule has 9 nitrogen and oxygen atoms in total. The van der Waals surface area contributed by atoms with E-state index in [1.54, 1.807) is 47.8 Å². The number of hydrogen-bond donors (Lipinski definition) is 2. The molecule has 3 aromatic carbocycles. The van der Waals surface area contributed by atoms with Crippen molar-refractivity contribution in [3.05, 3.63) is 99.9 Å². The highest BCUT2D eigenvalue weighted by Gasteiger charge is 2.19. The molecule has 0 aliphatic carbocycles. The molecule has 0 unspecified atom stereocenters. The van der Waals surface area contributed by atoms with Gasteiger partial charge in [0.2, 0.25) is 0 Å². The highest BCUT2D eigenvalue weighted by atomic mass is 32.2. The molecule has 1 aromatic heterocycles. The summed E-state index contributed by atoms with van der Waals surface area (Å²) in [5.41, 5.74) is 1.18. The normalized spacial score (nSPS) is 11.0. The van der Waals surface area contributed by atoms with E-state index in [-0.39, 0.29) is 27.0 Å².